The van der Waals surface area contributed by atoms with Crippen molar-refractivity contribution in [2.45, 2.75) is 0 Å². The average molecular weight is 309 g/mol. The van der Waals surface area contributed by atoms with Gasteiger partial charge in [-0.3, -0.25) is 4.57 Å². The van der Waals surface area contributed by atoms with E-state index in [4.69, 9.17) is 11.6 Å². The van der Waals surface area contributed by atoms with Gasteiger partial charge in [0.15, 0.2) is 0 Å². The predicted octanol–water partition coefficient (Wildman–Crippen LogP) is 2.73. The maximum atomic E-state index is 13.6. The molecule has 2 heterocycles. The van der Waals surface area contributed by atoms with Gasteiger partial charge in [-0.05, 0) is 23.7 Å². The van der Waals surface area contributed by atoms with Gasteiger partial charge in [0.1, 0.15) is 23.6 Å². The van der Waals surface area contributed by atoms with E-state index in [9.17, 15) is 8.78 Å². The van der Waals surface area contributed by atoms with E-state index in [1.54, 1.807) is 6.20 Å². The first-order valence-electron chi connectivity index (χ1n) is 5.74. The Kier molecular flexibility index (Phi) is 3.44. The number of imidazole rings is 1. The Labute approximate surface area is 122 Å². The second kappa shape index (κ2) is 5.41. The summed E-state index contributed by atoms with van der Waals surface area (Å²) in [4.78, 5) is 15.6. The molecule has 9 heteroatoms. The van der Waals surface area contributed by atoms with Gasteiger partial charge in [0.2, 0.25) is 17.2 Å². The molecule has 0 unspecified atom stereocenters. The van der Waals surface area contributed by atoms with Crippen LogP contribution in [0.1, 0.15) is 0 Å². The van der Waals surface area contributed by atoms with Crippen molar-refractivity contribution in [2.24, 2.45) is 0 Å². The molecule has 0 aliphatic heterocycles. The van der Waals surface area contributed by atoms with E-state index in [2.05, 4.69) is 25.3 Å². The molecule has 3 aromatic rings. The van der Waals surface area contributed by atoms with E-state index in [0.29, 0.717) is 0 Å². The summed E-state index contributed by atoms with van der Waals surface area (Å²) in [6.07, 6.45) is 4.58. The lowest BCUT2D eigenvalue weighted by Crippen LogP contribution is -2.07. The Morgan fingerprint density at radius 3 is 2.52 bits per heavy atom. The van der Waals surface area contributed by atoms with Crippen molar-refractivity contribution < 1.29 is 8.78 Å². The number of hydrogen-bond donors (Lipinski definition) is 1. The molecule has 0 amide bonds. The molecule has 2 aromatic heterocycles. The van der Waals surface area contributed by atoms with Gasteiger partial charge in [-0.2, -0.15) is 15.0 Å². The maximum absolute atomic E-state index is 13.6. The van der Waals surface area contributed by atoms with Crippen molar-refractivity contribution in [2.75, 3.05) is 5.32 Å². The Hall–Kier alpha value is -2.61. The lowest BCUT2D eigenvalue weighted by Gasteiger charge is -2.08. The van der Waals surface area contributed by atoms with Gasteiger partial charge in [0, 0.05) is 12.4 Å². The number of nitrogens with zero attached hydrogens (tertiary/aromatic N) is 5. The molecule has 106 valence electrons. The second-order valence-corrected chi connectivity index (χ2v) is 4.26. The number of para-hydroxylation sites is 1. The van der Waals surface area contributed by atoms with Gasteiger partial charge in [-0.15, -0.1) is 0 Å². The standard InChI is InChI=1S/C12H7ClF2N6/c13-10-18-11(17-9-7(14)2-1-3-8(9)15)20-12(19-10)21-5-4-16-6-21/h1-6H,(H,17,18,19,20). The van der Waals surface area contributed by atoms with Crippen molar-refractivity contribution in [3.05, 3.63) is 53.8 Å². The highest BCUT2D eigenvalue weighted by atomic mass is 35.5. The molecule has 1 aromatic carbocycles. The van der Waals surface area contributed by atoms with Crippen molar-refractivity contribution in [3.8, 4) is 5.95 Å². The van der Waals surface area contributed by atoms with Crippen LogP contribution in [0.25, 0.3) is 5.95 Å². The molecule has 0 fully saturated rings. The van der Waals surface area contributed by atoms with E-state index < -0.39 is 11.6 Å². The summed E-state index contributed by atoms with van der Waals surface area (Å²) in [6, 6.07) is 3.49. The van der Waals surface area contributed by atoms with Crippen LogP contribution in [0.5, 0.6) is 0 Å². The van der Waals surface area contributed by atoms with Gasteiger partial charge in [-0.25, -0.2) is 13.8 Å². The number of nitrogens with one attached hydrogen (secondary N) is 1. The molecule has 0 spiro atoms. The van der Waals surface area contributed by atoms with Crippen LogP contribution >= 0.6 is 11.6 Å². The van der Waals surface area contributed by atoms with Crippen LogP contribution in [0.4, 0.5) is 20.4 Å². The molecular weight excluding hydrogens is 302 g/mol. The Bertz CT molecular complexity index is 757. The van der Waals surface area contributed by atoms with Crippen molar-refractivity contribution in [1.29, 1.82) is 0 Å². The highest BCUT2D eigenvalue weighted by molar-refractivity contribution is 6.28. The third-order valence-electron chi connectivity index (χ3n) is 2.53. The van der Waals surface area contributed by atoms with E-state index in [1.807, 2.05) is 0 Å². The van der Waals surface area contributed by atoms with E-state index in [1.165, 1.54) is 23.2 Å². The van der Waals surface area contributed by atoms with E-state index >= 15 is 0 Å². The smallest absolute Gasteiger partial charge is 0.241 e. The third-order valence-corrected chi connectivity index (χ3v) is 2.70. The summed E-state index contributed by atoms with van der Waals surface area (Å²) in [7, 11) is 0. The molecule has 0 bridgehead atoms. The van der Waals surface area contributed by atoms with Crippen molar-refractivity contribution >= 4 is 23.2 Å². The number of hydrogen-bond acceptors (Lipinski definition) is 5. The van der Waals surface area contributed by atoms with Gasteiger partial charge < -0.3 is 5.32 Å². The zero-order chi connectivity index (χ0) is 14.8. The summed E-state index contributed by atoms with van der Waals surface area (Å²) in [5.41, 5.74) is -0.364. The quantitative estimate of drug-likeness (QED) is 0.805. The van der Waals surface area contributed by atoms with E-state index in [0.717, 1.165) is 12.1 Å². The molecule has 0 aliphatic rings. The Morgan fingerprint density at radius 1 is 1.10 bits per heavy atom. The molecule has 0 atom stereocenters. The fourth-order valence-corrected chi connectivity index (χ4v) is 1.77. The van der Waals surface area contributed by atoms with Gasteiger partial charge in [-0.1, -0.05) is 6.07 Å². The number of aromatic nitrogens is 5. The van der Waals surface area contributed by atoms with Crippen LogP contribution < -0.4 is 5.32 Å². The van der Waals surface area contributed by atoms with Crippen molar-refractivity contribution in [3.63, 3.8) is 0 Å². The summed E-state index contributed by atoms with van der Waals surface area (Å²) in [6.45, 7) is 0. The summed E-state index contributed by atoms with van der Waals surface area (Å²) >= 11 is 5.79. The second-order valence-electron chi connectivity index (χ2n) is 3.92. The highest BCUT2D eigenvalue weighted by Gasteiger charge is 2.12. The lowest BCUT2D eigenvalue weighted by atomic mass is 10.3. The van der Waals surface area contributed by atoms with Crippen LogP contribution in [0, 0.1) is 11.6 Å². The Balaban J connectivity index is 2.00. The highest BCUT2D eigenvalue weighted by Crippen LogP contribution is 2.22. The molecule has 1 N–H and O–H groups in total. The molecule has 3 rings (SSSR count). The first-order chi connectivity index (χ1) is 10.1. The number of anilines is 2. The van der Waals surface area contributed by atoms with Gasteiger partial charge >= 0.3 is 0 Å². The Morgan fingerprint density at radius 2 is 1.86 bits per heavy atom. The average Bonchev–Trinajstić information content (AvgIpc) is 2.97. The molecule has 0 saturated carbocycles. The predicted molar refractivity (Wildman–Crippen MR) is 71.6 cm³/mol. The summed E-state index contributed by atoms with van der Waals surface area (Å²) < 4.78 is 28.7. The monoisotopic (exact) mass is 308 g/mol. The number of rotatable bonds is 3. The fraction of sp³-hybridized carbons (Fsp3) is 0. The zero-order valence-corrected chi connectivity index (χ0v) is 11.1. The van der Waals surface area contributed by atoms with Crippen molar-refractivity contribution in [1.82, 2.24) is 24.5 Å². The third kappa shape index (κ3) is 2.79. The number of halogens is 3. The largest absolute Gasteiger partial charge is 0.319 e. The minimum absolute atomic E-state index is 0.0808. The molecule has 0 saturated heterocycles. The topological polar surface area (TPSA) is 68.5 Å². The lowest BCUT2D eigenvalue weighted by molar-refractivity contribution is 0.590. The first kappa shape index (κ1) is 13.4. The number of benzene rings is 1. The molecule has 0 radical (unpaired) electrons. The van der Waals surface area contributed by atoms with Gasteiger partial charge in [0.05, 0.1) is 0 Å². The minimum atomic E-state index is -0.768. The fourth-order valence-electron chi connectivity index (χ4n) is 1.62. The first-order valence-corrected chi connectivity index (χ1v) is 6.12. The van der Waals surface area contributed by atoms with Crippen LogP contribution in [0.3, 0.4) is 0 Å². The van der Waals surface area contributed by atoms with Crippen LogP contribution in [0.15, 0.2) is 36.9 Å². The normalized spacial score (nSPS) is 10.6. The summed E-state index contributed by atoms with van der Waals surface area (Å²) in [5, 5.41) is 2.34. The van der Waals surface area contributed by atoms with Crippen LogP contribution in [-0.4, -0.2) is 24.5 Å². The van der Waals surface area contributed by atoms with E-state index in [-0.39, 0.29) is 22.9 Å². The molecule has 0 aliphatic carbocycles. The summed E-state index contributed by atoms with van der Waals surface area (Å²) in [5.74, 6) is -1.44. The molecular formula is C12H7ClF2N6. The zero-order valence-electron chi connectivity index (χ0n) is 10.3. The minimum Gasteiger partial charge on any atom is -0.319 e. The van der Waals surface area contributed by atoms with Crippen LogP contribution in [0.2, 0.25) is 5.28 Å². The maximum Gasteiger partial charge on any atom is 0.241 e. The molecule has 6 nitrogen and oxygen atoms in total. The van der Waals surface area contributed by atoms with Crippen LogP contribution in [-0.2, 0) is 0 Å². The van der Waals surface area contributed by atoms with Gasteiger partial charge in [0.25, 0.3) is 0 Å². The molecule has 21 heavy (non-hydrogen) atoms. The SMILES string of the molecule is Fc1cccc(F)c1Nc1nc(Cl)nc(-n2ccnc2)n1.